The first kappa shape index (κ1) is 19.2. The van der Waals surface area contributed by atoms with Gasteiger partial charge >= 0.3 is 0 Å². The Morgan fingerprint density at radius 2 is 2.04 bits per heavy atom. The standard InChI is InChI=1S/C19H28N2O4S/c1-21(2)26(23,24)16-7-8-18(25-3)15(12-16)6-9-19(22)20-17-11-13-4-5-14(17)10-13/h7-8,12-14,17H,4-6,9-11H2,1-3H3,(H,20,22)/t13-,14-,17+/m1/s1. The average molecular weight is 381 g/mol. The maximum absolute atomic E-state index is 12.4. The number of sulfonamides is 1. The van der Waals surface area contributed by atoms with E-state index < -0.39 is 10.0 Å². The van der Waals surface area contributed by atoms with Gasteiger partial charge in [-0.3, -0.25) is 4.79 Å². The molecule has 2 saturated carbocycles. The summed E-state index contributed by atoms with van der Waals surface area (Å²) in [6.45, 7) is 0. The molecule has 0 unspecified atom stereocenters. The number of nitrogens with zero attached hydrogens (tertiary/aromatic N) is 1. The molecule has 144 valence electrons. The van der Waals surface area contributed by atoms with Gasteiger partial charge in [-0.2, -0.15) is 0 Å². The second-order valence-corrected chi connectivity index (χ2v) is 9.76. The molecule has 1 N–H and O–H groups in total. The molecule has 3 atom stereocenters. The van der Waals surface area contributed by atoms with Gasteiger partial charge in [0.25, 0.3) is 0 Å². The first-order valence-corrected chi connectivity index (χ1v) is 10.6. The SMILES string of the molecule is COc1ccc(S(=O)(=O)N(C)C)cc1CCC(=O)N[C@H]1C[C@@H]2CC[C@@H]1C2. The number of rotatable bonds is 7. The molecule has 0 saturated heterocycles. The highest BCUT2D eigenvalue weighted by atomic mass is 32.2. The van der Waals surface area contributed by atoms with Crippen LogP contribution in [0.5, 0.6) is 5.75 Å². The normalized spacial score (nSPS) is 24.8. The van der Waals surface area contributed by atoms with Crippen molar-refractivity contribution >= 4 is 15.9 Å². The molecule has 1 aromatic carbocycles. The lowest BCUT2D eigenvalue weighted by Gasteiger charge is -2.23. The lowest BCUT2D eigenvalue weighted by atomic mass is 9.95. The zero-order valence-corrected chi connectivity index (χ0v) is 16.5. The highest BCUT2D eigenvalue weighted by molar-refractivity contribution is 7.89. The first-order valence-electron chi connectivity index (χ1n) is 9.20. The van der Waals surface area contributed by atoms with E-state index in [2.05, 4.69) is 5.32 Å². The molecule has 1 aromatic rings. The third kappa shape index (κ3) is 3.88. The van der Waals surface area contributed by atoms with Gasteiger partial charge in [0.05, 0.1) is 12.0 Å². The van der Waals surface area contributed by atoms with Crippen LogP contribution in [-0.2, 0) is 21.2 Å². The number of fused-ring (bicyclic) bond motifs is 2. The van der Waals surface area contributed by atoms with Crippen LogP contribution in [0.1, 0.15) is 37.7 Å². The topological polar surface area (TPSA) is 75.7 Å². The third-order valence-corrected chi connectivity index (χ3v) is 7.55. The minimum Gasteiger partial charge on any atom is -0.496 e. The summed E-state index contributed by atoms with van der Waals surface area (Å²) in [7, 11) is 1.04. The van der Waals surface area contributed by atoms with Crippen molar-refractivity contribution in [1.29, 1.82) is 0 Å². The highest BCUT2D eigenvalue weighted by Gasteiger charge is 2.39. The molecule has 0 radical (unpaired) electrons. The molecular weight excluding hydrogens is 352 g/mol. The van der Waals surface area contributed by atoms with Crippen molar-refractivity contribution in [3.8, 4) is 5.75 Å². The lowest BCUT2D eigenvalue weighted by molar-refractivity contribution is -0.122. The minimum absolute atomic E-state index is 0.0328. The van der Waals surface area contributed by atoms with Crippen LogP contribution in [0.2, 0.25) is 0 Å². The number of carbonyl (C=O) groups excluding carboxylic acids is 1. The Morgan fingerprint density at radius 3 is 2.62 bits per heavy atom. The van der Waals surface area contributed by atoms with Gasteiger partial charge in [-0.15, -0.1) is 0 Å². The van der Waals surface area contributed by atoms with Crippen molar-refractivity contribution < 1.29 is 17.9 Å². The lowest BCUT2D eigenvalue weighted by Crippen LogP contribution is -2.38. The summed E-state index contributed by atoms with van der Waals surface area (Å²) in [6.07, 6.45) is 5.68. The first-order chi connectivity index (χ1) is 12.3. The van der Waals surface area contributed by atoms with Gasteiger partial charge in [-0.05, 0) is 61.3 Å². The third-order valence-electron chi connectivity index (χ3n) is 5.74. The summed E-state index contributed by atoms with van der Waals surface area (Å²) in [5.74, 6) is 2.08. The van der Waals surface area contributed by atoms with E-state index in [0.29, 0.717) is 30.6 Å². The van der Waals surface area contributed by atoms with Crippen molar-refractivity contribution in [2.24, 2.45) is 11.8 Å². The van der Waals surface area contributed by atoms with Crippen LogP contribution in [0.3, 0.4) is 0 Å². The molecule has 7 heteroatoms. The Hall–Kier alpha value is -1.60. The van der Waals surface area contributed by atoms with Crippen molar-refractivity contribution in [3.05, 3.63) is 23.8 Å². The molecule has 26 heavy (non-hydrogen) atoms. The van der Waals surface area contributed by atoms with Crippen molar-refractivity contribution in [2.75, 3.05) is 21.2 Å². The summed E-state index contributed by atoms with van der Waals surface area (Å²) in [5, 5.41) is 3.17. The van der Waals surface area contributed by atoms with Crippen LogP contribution in [0.15, 0.2) is 23.1 Å². The molecule has 0 aromatic heterocycles. The van der Waals surface area contributed by atoms with E-state index in [4.69, 9.17) is 4.74 Å². The maximum Gasteiger partial charge on any atom is 0.242 e. The largest absolute Gasteiger partial charge is 0.496 e. The predicted octanol–water partition coefficient (Wildman–Crippen LogP) is 2.18. The van der Waals surface area contributed by atoms with Gasteiger partial charge in [0.15, 0.2) is 0 Å². The number of nitrogens with one attached hydrogen (secondary N) is 1. The molecular formula is C19H28N2O4S. The molecule has 1 amide bonds. The second kappa shape index (κ2) is 7.56. The van der Waals surface area contributed by atoms with Gasteiger partial charge in [0, 0.05) is 26.6 Å². The van der Waals surface area contributed by atoms with E-state index in [1.54, 1.807) is 19.2 Å². The number of aryl methyl sites for hydroxylation is 1. The molecule has 0 spiro atoms. The summed E-state index contributed by atoms with van der Waals surface area (Å²) < 4.78 is 31.2. The Bertz CT molecular complexity index is 776. The van der Waals surface area contributed by atoms with E-state index in [-0.39, 0.29) is 10.8 Å². The maximum atomic E-state index is 12.4. The zero-order valence-electron chi connectivity index (χ0n) is 15.7. The fourth-order valence-electron chi connectivity index (χ4n) is 4.27. The van der Waals surface area contributed by atoms with Crippen LogP contribution in [-0.4, -0.2) is 45.9 Å². The Labute approximate surface area is 156 Å². The van der Waals surface area contributed by atoms with Gasteiger partial charge in [0.2, 0.25) is 15.9 Å². The molecule has 6 nitrogen and oxygen atoms in total. The van der Waals surface area contributed by atoms with E-state index in [9.17, 15) is 13.2 Å². The van der Waals surface area contributed by atoms with E-state index in [1.807, 2.05) is 0 Å². The summed E-state index contributed by atoms with van der Waals surface area (Å²) >= 11 is 0. The minimum atomic E-state index is -3.51. The number of hydrogen-bond acceptors (Lipinski definition) is 4. The van der Waals surface area contributed by atoms with Gasteiger partial charge in [0.1, 0.15) is 5.75 Å². The fraction of sp³-hybridized carbons (Fsp3) is 0.632. The van der Waals surface area contributed by atoms with Crippen molar-refractivity contribution in [1.82, 2.24) is 9.62 Å². The number of methoxy groups -OCH3 is 1. The monoisotopic (exact) mass is 380 g/mol. The van der Waals surface area contributed by atoms with Gasteiger partial charge in [-0.1, -0.05) is 6.42 Å². The summed E-state index contributed by atoms with van der Waals surface area (Å²) in [6, 6.07) is 5.12. The summed E-state index contributed by atoms with van der Waals surface area (Å²) in [5.41, 5.74) is 0.735. The van der Waals surface area contributed by atoms with Crippen LogP contribution in [0.25, 0.3) is 0 Å². The van der Waals surface area contributed by atoms with Crippen LogP contribution < -0.4 is 10.1 Å². The smallest absolute Gasteiger partial charge is 0.242 e. The molecule has 2 aliphatic carbocycles. The van der Waals surface area contributed by atoms with Crippen molar-refractivity contribution in [2.45, 2.75) is 49.5 Å². The highest BCUT2D eigenvalue weighted by Crippen LogP contribution is 2.44. The predicted molar refractivity (Wildman–Crippen MR) is 99.6 cm³/mol. The fourth-order valence-corrected chi connectivity index (χ4v) is 5.22. The Morgan fingerprint density at radius 1 is 1.27 bits per heavy atom. The Balaban J connectivity index is 1.65. The molecule has 2 bridgehead atoms. The molecule has 2 fully saturated rings. The number of carbonyl (C=O) groups is 1. The zero-order chi connectivity index (χ0) is 18.9. The molecule has 0 aliphatic heterocycles. The summed E-state index contributed by atoms with van der Waals surface area (Å²) in [4.78, 5) is 12.6. The van der Waals surface area contributed by atoms with E-state index >= 15 is 0 Å². The number of amides is 1. The average Bonchev–Trinajstić information content (AvgIpc) is 3.22. The van der Waals surface area contributed by atoms with E-state index in [1.165, 1.54) is 43.7 Å². The molecule has 2 aliphatic rings. The quantitative estimate of drug-likeness (QED) is 0.787. The Kier molecular flexibility index (Phi) is 5.58. The molecule has 3 rings (SSSR count). The number of hydrogen-bond donors (Lipinski definition) is 1. The number of ether oxygens (including phenoxy) is 1. The van der Waals surface area contributed by atoms with Gasteiger partial charge < -0.3 is 10.1 Å². The molecule has 0 heterocycles. The number of benzene rings is 1. The van der Waals surface area contributed by atoms with Crippen molar-refractivity contribution in [3.63, 3.8) is 0 Å². The van der Waals surface area contributed by atoms with E-state index in [0.717, 1.165) is 17.9 Å². The second-order valence-electron chi connectivity index (χ2n) is 7.61. The van der Waals surface area contributed by atoms with Gasteiger partial charge in [-0.25, -0.2) is 12.7 Å². The van der Waals surface area contributed by atoms with Crippen LogP contribution >= 0.6 is 0 Å². The van der Waals surface area contributed by atoms with Crippen LogP contribution in [0, 0.1) is 11.8 Å². The van der Waals surface area contributed by atoms with Crippen LogP contribution in [0.4, 0.5) is 0 Å².